The minimum atomic E-state index is -0.838. The highest BCUT2D eigenvalue weighted by molar-refractivity contribution is 14.1. The van der Waals surface area contributed by atoms with Crippen molar-refractivity contribution < 1.29 is 9.90 Å². The average molecular weight is 351 g/mol. The molecule has 0 bridgehead atoms. The third-order valence-electron chi connectivity index (χ3n) is 2.70. The number of hydrogen-bond acceptors (Lipinski definition) is 3. The summed E-state index contributed by atoms with van der Waals surface area (Å²) in [6, 6.07) is 0. The Kier molecular flexibility index (Phi) is 5.38. The van der Waals surface area contributed by atoms with Crippen molar-refractivity contribution in [3.8, 4) is 0 Å². The first-order chi connectivity index (χ1) is 7.98. The Hall–Kier alpha value is -0.630. The molecular weight excluding hydrogens is 333 g/mol. The summed E-state index contributed by atoms with van der Waals surface area (Å²) >= 11 is 2.20. The van der Waals surface area contributed by atoms with Gasteiger partial charge in [-0.25, -0.2) is 0 Å². The van der Waals surface area contributed by atoms with Crippen LogP contribution in [0.3, 0.4) is 0 Å². The number of aliphatic carboxylic acids is 1. The highest BCUT2D eigenvalue weighted by Crippen LogP contribution is 2.13. The van der Waals surface area contributed by atoms with Gasteiger partial charge in [-0.05, 0) is 48.9 Å². The van der Waals surface area contributed by atoms with E-state index in [0.29, 0.717) is 13.0 Å². The van der Waals surface area contributed by atoms with E-state index in [0.717, 1.165) is 16.5 Å². The normalized spacial score (nSPS) is 14.5. The Balaban J connectivity index is 2.45. The number of nitrogens with one attached hydrogen (secondary N) is 1. The molecule has 96 valence electrons. The fraction of sp³-hybridized carbons (Fsp3) is 0.636. The molecule has 1 aromatic rings. The summed E-state index contributed by atoms with van der Waals surface area (Å²) in [5.74, 6) is -0.797. The zero-order valence-electron chi connectivity index (χ0n) is 10.1. The van der Waals surface area contributed by atoms with Crippen molar-refractivity contribution >= 4 is 28.6 Å². The van der Waals surface area contributed by atoms with Gasteiger partial charge >= 0.3 is 5.97 Å². The van der Waals surface area contributed by atoms with E-state index in [2.05, 4.69) is 33.0 Å². The van der Waals surface area contributed by atoms with E-state index in [1.165, 1.54) is 0 Å². The molecule has 0 radical (unpaired) electrons. The predicted octanol–water partition coefficient (Wildman–Crippen LogP) is 1.72. The van der Waals surface area contributed by atoms with Crippen LogP contribution in [-0.4, -0.2) is 32.9 Å². The standard InChI is InChI=1S/C11H18IN3O2/c1-3-13-11(2,10(16)17)5-4-6-15-8-9(12)7-14-15/h7-8,13H,3-6H2,1-2H3,(H,16,17). The summed E-state index contributed by atoms with van der Waals surface area (Å²) < 4.78 is 2.94. The van der Waals surface area contributed by atoms with Gasteiger partial charge in [-0.3, -0.25) is 9.48 Å². The molecule has 0 fully saturated rings. The minimum Gasteiger partial charge on any atom is -0.480 e. The Morgan fingerprint density at radius 3 is 2.88 bits per heavy atom. The SMILES string of the molecule is CCNC(C)(CCCn1cc(I)cn1)C(=O)O. The Morgan fingerprint density at radius 1 is 1.71 bits per heavy atom. The van der Waals surface area contributed by atoms with Gasteiger partial charge in [0.15, 0.2) is 0 Å². The van der Waals surface area contributed by atoms with Crippen molar-refractivity contribution in [2.75, 3.05) is 6.54 Å². The largest absolute Gasteiger partial charge is 0.480 e. The second-order valence-electron chi connectivity index (χ2n) is 4.19. The zero-order chi connectivity index (χ0) is 12.9. The van der Waals surface area contributed by atoms with Crippen molar-refractivity contribution in [1.29, 1.82) is 0 Å². The van der Waals surface area contributed by atoms with Crippen LogP contribution in [0.15, 0.2) is 12.4 Å². The van der Waals surface area contributed by atoms with Crippen LogP contribution in [0.2, 0.25) is 0 Å². The van der Waals surface area contributed by atoms with Gasteiger partial charge in [0.05, 0.1) is 9.77 Å². The Bertz CT molecular complexity index is 381. The van der Waals surface area contributed by atoms with E-state index in [1.54, 1.807) is 13.1 Å². The lowest BCUT2D eigenvalue weighted by Crippen LogP contribution is -2.49. The summed E-state index contributed by atoms with van der Waals surface area (Å²) in [6.07, 6.45) is 5.12. The molecule has 0 amide bonds. The van der Waals surface area contributed by atoms with Gasteiger partial charge in [0.25, 0.3) is 0 Å². The van der Waals surface area contributed by atoms with Crippen molar-refractivity contribution in [3.63, 3.8) is 0 Å². The van der Waals surface area contributed by atoms with Crippen molar-refractivity contribution in [1.82, 2.24) is 15.1 Å². The Morgan fingerprint density at radius 2 is 2.41 bits per heavy atom. The number of carboxylic acids is 1. The monoisotopic (exact) mass is 351 g/mol. The second-order valence-corrected chi connectivity index (χ2v) is 5.44. The lowest BCUT2D eigenvalue weighted by Gasteiger charge is -2.25. The van der Waals surface area contributed by atoms with Crippen molar-refractivity contribution in [2.24, 2.45) is 0 Å². The number of carboxylic acid groups (broad SMARTS) is 1. The maximum Gasteiger partial charge on any atom is 0.323 e. The summed E-state index contributed by atoms with van der Waals surface area (Å²) in [6.45, 7) is 5.04. The highest BCUT2D eigenvalue weighted by Gasteiger charge is 2.31. The molecular formula is C11H18IN3O2. The van der Waals surface area contributed by atoms with Gasteiger partial charge < -0.3 is 10.4 Å². The van der Waals surface area contributed by atoms with Crippen LogP contribution in [0.5, 0.6) is 0 Å². The van der Waals surface area contributed by atoms with E-state index >= 15 is 0 Å². The lowest BCUT2D eigenvalue weighted by molar-refractivity contribution is -0.144. The Labute approximate surface area is 115 Å². The molecule has 0 saturated heterocycles. The predicted molar refractivity (Wildman–Crippen MR) is 73.9 cm³/mol. The van der Waals surface area contributed by atoms with Crippen molar-refractivity contribution in [2.45, 2.75) is 38.8 Å². The first-order valence-corrected chi connectivity index (χ1v) is 6.72. The van der Waals surface area contributed by atoms with E-state index in [1.807, 2.05) is 17.8 Å². The molecule has 17 heavy (non-hydrogen) atoms. The smallest absolute Gasteiger partial charge is 0.323 e. The van der Waals surface area contributed by atoms with Crippen LogP contribution < -0.4 is 5.32 Å². The van der Waals surface area contributed by atoms with E-state index in [9.17, 15) is 9.90 Å². The number of halogens is 1. The van der Waals surface area contributed by atoms with Crippen LogP contribution in [0, 0.1) is 3.57 Å². The molecule has 5 nitrogen and oxygen atoms in total. The molecule has 0 aliphatic heterocycles. The minimum absolute atomic E-state index is 0.590. The third-order valence-corrected chi connectivity index (χ3v) is 3.26. The van der Waals surface area contributed by atoms with Crippen LogP contribution in [0.4, 0.5) is 0 Å². The van der Waals surface area contributed by atoms with Gasteiger partial charge in [-0.15, -0.1) is 0 Å². The van der Waals surface area contributed by atoms with E-state index in [4.69, 9.17) is 0 Å². The zero-order valence-corrected chi connectivity index (χ0v) is 12.3. The number of nitrogens with zero attached hydrogens (tertiary/aromatic N) is 2. The fourth-order valence-electron chi connectivity index (χ4n) is 1.72. The average Bonchev–Trinajstić information content (AvgIpc) is 2.64. The quantitative estimate of drug-likeness (QED) is 0.735. The molecule has 0 aromatic carbocycles. The molecule has 1 heterocycles. The first kappa shape index (κ1) is 14.4. The van der Waals surface area contributed by atoms with Gasteiger partial charge in [-0.1, -0.05) is 6.92 Å². The summed E-state index contributed by atoms with van der Waals surface area (Å²) in [5, 5.41) is 16.4. The number of carbonyl (C=O) groups is 1. The maximum atomic E-state index is 11.2. The number of likely N-dealkylation sites (N-methyl/N-ethyl adjacent to an activating group) is 1. The third kappa shape index (κ3) is 4.27. The lowest BCUT2D eigenvalue weighted by atomic mass is 9.96. The van der Waals surface area contributed by atoms with Gasteiger partial charge in [0.1, 0.15) is 5.54 Å². The molecule has 1 rings (SSSR count). The van der Waals surface area contributed by atoms with Gasteiger partial charge in [0.2, 0.25) is 0 Å². The van der Waals surface area contributed by atoms with Crippen LogP contribution in [-0.2, 0) is 11.3 Å². The number of hydrogen-bond donors (Lipinski definition) is 2. The molecule has 0 spiro atoms. The summed E-state index contributed by atoms with van der Waals surface area (Å²) in [7, 11) is 0. The highest BCUT2D eigenvalue weighted by atomic mass is 127. The van der Waals surface area contributed by atoms with E-state index in [-0.39, 0.29) is 0 Å². The first-order valence-electron chi connectivity index (χ1n) is 5.64. The van der Waals surface area contributed by atoms with Gasteiger partial charge in [0, 0.05) is 12.7 Å². The second kappa shape index (κ2) is 6.34. The van der Waals surface area contributed by atoms with E-state index < -0.39 is 11.5 Å². The van der Waals surface area contributed by atoms with Crippen LogP contribution >= 0.6 is 22.6 Å². The molecule has 0 saturated carbocycles. The number of aryl methyl sites for hydroxylation is 1. The fourth-order valence-corrected chi connectivity index (χ4v) is 2.16. The summed E-state index contributed by atoms with van der Waals surface area (Å²) in [4.78, 5) is 11.2. The summed E-state index contributed by atoms with van der Waals surface area (Å²) in [5.41, 5.74) is -0.838. The molecule has 1 atom stereocenters. The molecule has 0 aliphatic rings. The number of aromatic nitrogens is 2. The van der Waals surface area contributed by atoms with Crippen LogP contribution in [0.25, 0.3) is 0 Å². The molecule has 6 heteroatoms. The molecule has 0 aliphatic carbocycles. The number of rotatable bonds is 7. The van der Waals surface area contributed by atoms with Crippen LogP contribution in [0.1, 0.15) is 26.7 Å². The molecule has 2 N–H and O–H groups in total. The molecule has 1 aromatic heterocycles. The van der Waals surface area contributed by atoms with Gasteiger partial charge in [-0.2, -0.15) is 5.10 Å². The molecule has 1 unspecified atom stereocenters. The van der Waals surface area contributed by atoms with Crippen molar-refractivity contribution in [3.05, 3.63) is 16.0 Å². The maximum absolute atomic E-state index is 11.2. The topological polar surface area (TPSA) is 67.2 Å².